The van der Waals surface area contributed by atoms with Crippen LogP contribution >= 0.6 is 11.5 Å². The number of ether oxygens (including phenoxy) is 1. The van der Waals surface area contributed by atoms with E-state index in [1.165, 1.54) is 15.8 Å². The van der Waals surface area contributed by atoms with E-state index in [-0.39, 0.29) is 13.1 Å². The first kappa shape index (κ1) is 18.1. The quantitative estimate of drug-likeness (QED) is 0.770. The standard InChI is InChI=1S/C14H16F2N4O3S2/c1-23-9-13-17-14(24-18-13)19-4-6-20(7-5-19)25(21,22)12-3-2-10(15)8-11(12)16/h2-3,8H,4-7,9H2,1H3. The minimum atomic E-state index is -4.01. The molecule has 1 aliphatic heterocycles. The summed E-state index contributed by atoms with van der Waals surface area (Å²) in [4.78, 5) is 5.74. The van der Waals surface area contributed by atoms with Gasteiger partial charge in [0.2, 0.25) is 15.2 Å². The van der Waals surface area contributed by atoms with Crippen molar-refractivity contribution in [2.24, 2.45) is 0 Å². The number of aromatic nitrogens is 2. The average molecular weight is 390 g/mol. The molecule has 0 spiro atoms. The van der Waals surface area contributed by atoms with Crippen molar-refractivity contribution < 1.29 is 21.9 Å². The topological polar surface area (TPSA) is 75.6 Å². The molecule has 1 saturated heterocycles. The lowest BCUT2D eigenvalue weighted by Gasteiger charge is -2.33. The summed E-state index contributed by atoms with van der Waals surface area (Å²) in [6.07, 6.45) is 0. The van der Waals surface area contributed by atoms with Gasteiger partial charge < -0.3 is 9.64 Å². The van der Waals surface area contributed by atoms with E-state index in [0.717, 1.165) is 12.1 Å². The smallest absolute Gasteiger partial charge is 0.246 e. The van der Waals surface area contributed by atoms with Gasteiger partial charge in [-0.15, -0.1) is 0 Å². The molecule has 0 amide bonds. The average Bonchev–Trinajstić information content (AvgIpc) is 3.03. The molecule has 0 radical (unpaired) electrons. The first-order valence-electron chi connectivity index (χ1n) is 7.43. The minimum absolute atomic E-state index is 0.179. The Morgan fingerprint density at radius 3 is 2.60 bits per heavy atom. The lowest BCUT2D eigenvalue weighted by molar-refractivity contribution is 0.179. The Kier molecular flexibility index (Phi) is 5.27. The number of sulfonamides is 1. The van der Waals surface area contributed by atoms with Crippen molar-refractivity contribution in [3.8, 4) is 0 Å². The van der Waals surface area contributed by atoms with Gasteiger partial charge in [0.1, 0.15) is 23.1 Å². The molecule has 1 aromatic carbocycles. The molecule has 1 fully saturated rings. The highest BCUT2D eigenvalue weighted by molar-refractivity contribution is 7.89. The zero-order chi connectivity index (χ0) is 18.0. The molecular weight excluding hydrogens is 374 g/mol. The van der Waals surface area contributed by atoms with Crippen LogP contribution in [0.1, 0.15) is 5.82 Å². The fourth-order valence-electron chi connectivity index (χ4n) is 2.50. The fourth-order valence-corrected chi connectivity index (χ4v) is 4.70. The Balaban J connectivity index is 1.70. The molecule has 3 rings (SSSR count). The van der Waals surface area contributed by atoms with E-state index in [2.05, 4.69) is 9.36 Å². The molecule has 11 heteroatoms. The van der Waals surface area contributed by atoms with E-state index in [0.29, 0.717) is 36.7 Å². The molecule has 0 atom stereocenters. The molecule has 1 aliphatic rings. The molecule has 0 unspecified atom stereocenters. The molecule has 7 nitrogen and oxygen atoms in total. The Hall–Kier alpha value is -1.69. The zero-order valence-corrected chi connectivity index (χ0v) is 15.0. The second-order valence-corrected chi connectivity index (χ2v) is 8.03. The number of benzene rings is 1. The number of rotatable bonds is 5. The van der Waals surface area contributed by atoms with Crippen LogP contribution in [-0.2, 0) is 21.4 Å². The highest BCUT2D eigenvalue weighted by Crippen LogP contribution is 2.24. The van der Waals surface area contributed by atoms with Gasteiger partial charge in [-0.3, -0.25) is 0 Å². The van der Waals surface area contributed by atoms with Crippen LogP contribution in [0.2, 0.25) is 0 Å². The van der Waals surface area contributed by atoms with Crippen molar-refractivity contribution in [2.45, 2.75) is 11.5 Å². The molecule has 2 heterocycles. The summed E-state index contributed by atoms with van der Waals surface area (Å²) < 4.78 is 62.3. The third kappa shape index (κ3) is 3.78. The van der Waals surface area contributed by atoms with Crippen molar-refractivity contribution >= 4 is 26.7 Å². The van der Waals surface area contributed by atoms with Crippen molar-refractivity contribution in [1.29, 1.82) is 0 Å². The largest absolute Gasteiger partial charge is 0.377 e. The second kappa shape index (κ2) is 7.28. The van der Waals surface area contributed by atoms with Crippen LogP contribution in [0.4, 0.5) is 13.9 Å². The SMILES string of the molecule is COCc1nsc(N2CCN(S(=O)(=O)c3ccc(F)cc3F)CC2)n1. The summed E-state index contributed by atoms with van der Waals surface area (Å²) in [5.41, 5.74) is 0. The van der Waals surface area contributed by atoms with Crippen LogP contribution in [0.5, 0.6) is 0 Å². The summed E-state index contributed by atoms with van der Waals surface area (Å²) in [7, 11) is -2.45. The molecule has 136 valence electrons. The maximum absolute atomic E-state index is 13.8. The summed E-state index contributed by atoms with van der Waals surface area (Å²) in [5.74, 6) is -1.33. The summed E-state index contributed by atoms with van der Waals surface area (Å²) in [5, 5.41) is 0.692. The molecular formula is C14H16F2N4O3S2. The van der Waals surface area contributed by atoms with Gasteiger partial charge >= 0.3 is 0 Å². The van der Waals surface area contributed by atoms with Crippen molar-refractivity contribution in [2.75, 3.05) is 38.2 Å². The minimum Gasteiger partial charge on any atom is -0.377 e. The van der Waals surface area contributed by atoms with Crippen molar-refractivity contribution in [3.63, 3.8) is 0 Å². The first-order chi connectivity index (χ1) is 11.9. The molecule has 0 saturated carbocycles. The normalized spacial score (nSPS) is 16.4. The number of hydrogen-bond donors (Lipinski definition) is 0. The van der Waals surface area contributed by atoms with E-state index < -0.39 is 26.6 Å². The van der Waals surface area contributed by atoms with Crippen LogP contribution < -0.4 is 4.90 Å². The highest BCUT2D eigenvalue weighted by Gasteiger charge is 2.31. The second-order valence-electron chi connectivity index (χ2n) is 5.39. The van der Waals surface area contributed by atoms with Gasteiger partial charge in [0, 0.05) is 50.9 Å². The predicted octanol–water partition coefficient (Wildman–Crippen LogP) is 1.47. The van der Waals surface area contributed by atoms with E-state index in [1.807, 2.05) is 4.90 Å². The molecule has 1 aromatic heterocycles. The Bertz CT molecular complexity index is 852. The van der Waals surface area contributed by atoms with Gasteiger partial charge in [-0.05, 0) is 12.1 Å². The van der Waals surface area contributed by atoms with Gasteiger partial charge in [-0.1, -0.05) is 0 Å². The molecule has 0 aliphatic carbocycles. The fraction of sp³-hybridized carbons (Fsp3) is 0.429. The van der Waals surface area contributed by atoms with Crippen LogP contribution in [0.3, 0.4) is 0 Å². The number of nitrogens with zero attached hydrogens (tertiary/aromatic N) is 4. The summed E-state index contributed by atoms with van der Waals surface area (Å²) in [6, 6.07) is 2.46. The highest BCUT2D eigenvalue weighted by atomic mass is 32.2. The van der Waals surface area contributed by atoms with E-state index in [9.17, 15) is 17.2 Å². The number of hydrogen-bond acceptors (Lipinski definition) is 7. The van der Waals surface area contributed by atoms with Gasteiger partial charge in [-0.2, -0.15) is 8.68 Å². The van der Waals surface area contributed by atoms with Crippen LogP contribution in [0, 0.1) is 11.6 Å². The van der Waals surface area contributed by atoms with E-state index in [4.69, 9.17) is 4.74 Å². The Morgan fingerprint density at radius 2 is 1.96 bits per heavy atom. The van der Waals surface area contributed by atoms with E-state index in [1.54, 1.807) is 7.11 Å². The third-order valence-electron chi connectivity index (χ3n) is 3.75. The zero-order valence-electron chi connectivity index (χ0n) is 13.4. The van der Waals surface area contributed by atoms with Crippen LogP contribution in [0.25, 0.3) is 0 Å². The van der Waals surface area contributed by atoms with E-state index >= 15 is 0 Å². The number of anilines is 1. The molecule has 0 N–H and O–H groups in total. The van der Waals surface area contributed by atoms with Crippen molar-refractivity contribution in [1.82, 2.24) is 13.7 Å². The lowest BCUT2D eigenvalue weighted by atomic mass is 10.3. The summed E-state index contributed by atoms with van der Waals surface area (Å²) in [6.45, 7) is 1.48. The molecule has 2 aromatic rings. The van der Waals surface area contributed by atoms with Crippen LogP contribution in [0.15, 0.2) is 23.1 Å². The number of halogens is 2. The maximum Gasteiger partial charge on any atom is 0.246 e. The maximum atomic E-state index is 13.8. The monoisotopic (exact) mass is 390 g/mol. The molecule has 25 heavy (non-hydrogen) atoms. The van der Waals surface area contributed by atoms with Gasteiger partial charge in [-0.25, -0.2) is 22.2 Å². The van der Waals surface area contributed by atoms with Gasteiger partial charge in [0.15, 0.2) is 5.82 Å². The first-order valence-corrected chi connectivity index (χ1v) is 9.65. The molecule has 0 bridgehead atoms. The van der Waals surface area contributed by atoms with Crippen LogP contribution in [-0.4, -0.2) is 55.4 Å². The lowest BCUT2D eigenvalue weighted by Crippen LogP contribution is -2.48. The van der Waals surface area contributed by atoms with Gasteiger partial charge in [0.25, 0.3) is 0 Å². The number of methoxy groups -OCH3 is 1. The van der Waals surface area contributed by atoms with Crippen molar-refractivity contribution in [3.05, 3.63) is 35.7 Å². The number of piperazine rings is 1. The summed E-state index contributed by atoms with van der Waals surface area (Å²) >= 11 is 1.22. The predicted molar refractivity (Wildman–Crippen MR) is 88.0 cm³/mol. The van der Waals surface area contributed by atoms with Gasteiger partial charge in [0.05, 0.1) is 0 Å². The Morgan fingerprint density at radius 1 is 1.24 bits per heavy atom. The third-order valence-corrected chi connectivity index (χ3v) is 6.50. The Labute approximate surface area is 148 Å².